The summed E-state index contributed by atoms with van der Waals surface area (Å²) in [6, 6.07) is 27.1. The standard InChI is InChI=1S/C29H24Cl2N2O4/c30-23-9-5-10-24(31)27(23)32-25-11-4-1-6-19(25)16-26(34)37-17-18-12-14-20(15-13-18)33-28(35)21-7-2-3-8-22(21)29(33)36/h1-15,28-29,32,35-36H,16-17H2. The van der Waals surface area contributed by atoms with Gasteiger partial charge >= 0.3 is 5.97 Å². The molecule has 6 nitrogen and oxygen atoms in total. The summed E-state index contributed by atoms with van der Waals surface area (Å²) in [7, 11) is 0. The zero-order valence-electron chi connectivity index (χ0n) is 19.6. The lowest BCUT2D eigenvalue weighted by atomic mass is 10.1. The van der Waals surface area contributed by atoms with Gasteiger partial charge in [0.2, 0.25) is 0 Å². The Morgan fingerprint density at radius 1 is 0.811 bits per heavy atom. The molecule has 2 unspecified atom stereocenters. The number of aliphatic hydroxyl groups is 2. The van der Waals surface area contributed by atoms with Crippen molar-refractivity contribution in [2.75, 3.05) is 10.2 Å². The number of aliphatic hydroxyl groups excluding tert-OH is 2. The molecule has 1 aliphatic rings. The quantitative estimate of drug-likeness (QED) is 0.234. The van der Waals surface area contributed by atoms with Gasteiger partial charge < -0.3 is 25.2 Å². The van der Waals surface area contributed by atoms with Crippen LogP contribution in [0.3, 0.4) is 0 Å². The average Bonchev–Trinajstić information content (AvgIpc) is 3.16. The zero-order chi connectivity index (χ0) is 25.9. The second kappa shape index (κ2) is 10.8. The number of hydrogen-bond acceptors (Lipinski definition) is 6. The second-order valence-corrected chi connectivity index (χ2v) is 9.48. The fourth-order valence-corrected chi connectivity index (χ4v) is 4.87. The Balaban J connectivity index is 1.21. The number of fused-ring (bicyclic) bond motifs is 1. The van der Waals surface area contributed by atoms with Gasteiger partial charge in [0.1, 0.15) is 6.61 Å². The lowest BCUT2D eigenvalue weighted by Gasteiger charge is -2.26. The molecular weight excluding hydrogens is 511 g/mol. The van der Waals surface area contributed by atoms with Crippen molar-refractivity contribution < 1.29 is 19.7 Å². The fraction of sp³-hybridized carbons (Fsp3) is 0.138. The van der Waals surface area contributed by atoms with E-state index in [2.05, 4.69) is 5.32 Å². The summed E-state index contributed by atoms with van der Waals surface area (Å²) in [6.07, 6.45) is -1.82. The van der Waals surface area contributed by atoms with Crippen LogP contribution in [0.5, 0.6) is 0 Å². The molecule has 37 heavy (non-hydrogen) atoms. The molecule has 0 aromatic heterocycles. The number of nitrogens with one attached hydrogen (secondary N) is 1. The summed E-state index contributed by atoms with van der Waals surface area (Å²) < 4.78 is 5.51. The third kappa shape index (κ3) is 5.29. The van der Waals surface area contributed by atoms with Gasteiger partial charge in [-0.2, -0.15) is 0 Å². The van der Waals surface area contributed by atoms with E-state index in [1.165, 1.54) is 4.90 Å². The van der Waals surface area contributed by atoms with E-state index in [0.29, 0.717) is 38.2 Å². The Bertz CT molecular complexity index is 1380. The molecule has 2 atom stereocenters. The van der Waals surface area contributed by atoms with Crippen molar-refractivity contribution in [3.05, 3.63) is 123 Å². The van der Waals surface area contributed by atoms with E-state index in [-0.39, 0.29) is 19.0 Å². The Morgan fingerprint density at radius 3 is 2.05 bits per heavy atom. The molecule has 0 radical (unpaired) electrons. The topological polar surface area (TPSA) is 82.0 Å². The molecule has 0 bridgehead atoms. The van der Waals surface area contributed by atoms with Crippen molar-refractivity contribution in [3.63, 3.8) is 0 Å². The fourth-order valence-electron chi connectivity index (χ4n) is 4.38. The van der Waals surface area contributed by atoms with Gasteiger partial charge in [-0.15, -0.1) is 0 Å². The first kappa shape index (κ1) is 25.1. The lowest BCUT2D eigenvalue weighted by molar-refractivity contribution is -0.144. The maximum absolute atomic E-state index is 12.6. The van der Waals surface area contributed by atoms with E-state index >= 15 is 0 Å². The summed E-state index contributed by atoms with van der Waals surface area (Å²) in [5, 5.41) is 25.5. The van der Waals surface area contributed by atoms with Gasteiger partial charge in [0.15, 0.2) is 12.5 Å². The lowest BCUT2D eigenvalue weighted by Crippen LogP contribution is -2.25. The molecular formula is C29H24Cl2N2O4. The molecule has 0 saturated carbocycles. The average molecular weight is 535 g/mol. The molecule has 4 aromatic carbocycles. The van der Waals surface area contributed by atoms with Gasteiger partial charge in [-0.1, -0.05) is 83.9 Å². The highest BCUT2D eigenvalue weighted by Crippen LogP contribution is 2.42. The van der Waals surface area contributed by atoms with Crippen LogP contribution in [0.15, 0.2) is 91.0 Å². The van der Waals surface area contributed by atoms with Gasteiger partial charge in [0.05, 0.1) is 22.2 Å². The highest BCUT2D eigenvalue weighted by molar-refractivity contribution is 6.39. The van der Waals surface area contributed by atoms with Crippen molar-refractivity contribution >= 4 is 46.2 Å². The van der Waals surface area contributed by atoms with Crippen LogP contribution in [0.25, 0.3) is 0 Å². The predicted octanol–water partition coefficient (Wildman–Crippen LogP) is 6.52. The SMILES string of the molecule is O=C(Cc1ccccc1Nc1c(Cl)cccc1Cl)OCc1ccc(N2C(O)c3ccccc3C2O)cc1. The normalized spacial score (nSPS) is 16.4. The van der Waals surface area contributed by atoms with Crippen molar-refractivity contribution in [1.29, 1.82) is 0 Å². The van der Waals surface area contributed by atoms with Crippen LogP contribution in [-0.2, 0) is 22.6 Å². The molecule has 5 rings (SSSR count). The molecule has 1 heterocycles. The number of para-hydroxylation sites is 2. The predicted molar refractivity (Wildman–Crippen MR) is 145 cm³/mol. The Hall–Kier alpha value is -3.55. The molecule has 0 aliphatic carbocycles. The van der Waals surface area contributed by atoms with Crippen molar-refractivity contribution in [2.45, 2.75) is 25.5 Å². The highest BCUT2D eigenvalue weighted by atomic mass is 35.5. The summed E-state index contributed by atoms with van der Waals surface area (Å²) >= 11 is 12.6. The first-order chi connectivity index (χ1) is 17.9. The van der Waals surface area contributed by atoms with Crippen LogP contribution < -0.4 is 10.2 Å². The van der Waals surface area contributed by atoms with E-state index in [1.807, 2.05) is 36.4 Å². The summed E-state index contributed by atoms with van der Waals surface area (Å²) in [5.74, 6) is -0.385. The van der Waals surface area contributed by atoms with Gasteiger partial charge in [0, 0.05) is 22.5 Å². The number of carbonyl (C=O) groups is 1. The molecule has 1 aliphatic heterocycles. The van der Waals surface area contributed by atoms with Crippen LogP contribution in [0.4, 0.5) is 17.1 Å². The number of hydrogen-bond donors (Lipinski definition) is 3. The maximum Gasteiger partial charge on any atom is 0.310 e. The monoisotopic (exact) mass is 534 g/mol. The molecule has 4 aromatic rings. The molecule has 0 fully saturated rings. The van der Waals surface area contributed by atoms with Crippen LogP contribution in [0.2, 0.25) is 10.0 Å². The Labute approximate surface area is 224 Å². The number of carbonyl (C=O) groups excluding carboxylic acids is 1. The van der Waals surface area contributed by atoms with Crippen LogP contribution in [-0.4, -0.2) is 16.2 Å². The number of halogens is 2. The minimum atomic E-state index is -0.941. The summed E-state index contributed by atoms with van der Waals surface area (Å²) in [4.78, 5) is 14.2. The number of esters is 1. The van der Waals surface area contributed by atoms with Crippen molar-refractivity contribution in [2.24, 2.45) is 0 Å². The zero-order valence-corrected chi connectivity index (χ0v) is 21.2. The van der Waals surface area contributed by atoms with Gasteiger partial charge in [0.25, 0.3) is 0 Å². The summed E-state index contributed by atoms with van der Waals surface area (Å²) in [5.41, 5.74) is 4.83. The van der Waals surface area contributed by atoms with Gasteiger partial charge in [-0.25, -0.2) is 0 Å². The Morgan fingerprint density at radius 2 is 1.41 bits per heavy atom. The number of rotatable bonds is 7. The van der Waals surface area contributed by atoms with Gasteiger partial charge in [-0.3, -0.25) is 4.79 Å². The smallest absolute Gasteiger partial charge is 0.310 e. The number of ether oxygens (including phenoxy) is 1. The Kier molecular flexibility index (Phi) is 7.35. The van der Waals surface area contributed by atoms with Crippen LogP contribution in [0, 0.1) is 0 Å². The van der Waals surface area contributed by atoms with E-state index in [4.69, 9.17) is 27.9 Å². The first-order valence-electron chi connectivity index (χ1n) is 11.7. The number of nitrogens with zero attached hydrogens (tertiary/aromatic N) is 1. The van der Waals surface area contributed by atoms with E-state index in [1.54, 1.807) is 54.6 Å². The number of anilines is 3. The number of benzene rings is 4. The maximum atomic E-state index is 12.6. The molecule has 8 heteroatoms. The van der Waals surface area contributed by atoms with Crippen molar-refractivity contribution in [1.82, 2.24) is 0 Å². The third-order valence-corrected chi connectivity index (χ3v) is 6.92. The third-order valence-electron chi connectivity index (χ3n) is 6.29. The van der Waals surface area contributed by atoms with Gasteiger partial charge in [-0.05, 0) is 41.5 Å². The minimum absolute atomic E-state index is 0.0632. The van der Waals surface area contributed by atoms with Crippen LogP contribution >= 0.6 is 23.2 Å². The molecule has 188 valence electrons. The van der Waals surface area contributed by atoms with E-state index in [9.17, 15) is 15.0 Å². The molecule has 0 spiro atoms. The van der Waals surface area contributed by atoms with Crippen LogP contribution in [0.1, 0.15) is 34.7 Å². The molecule has 0 saturated heterocycles. The first-order valence-corrected chi connectivity index (χ1v) is 12.4. The van der Waals surface area contributed by atoms with E-state index < -0.39 is 12.5 Å². The molecule has 3 N–H and O–H groups in total. The summed E-state index contributed by atoms with van der Waals surface area (Å²) in [6.45, 7) is 0.0936. The highest BCUT2D eigenvalue weighted by Gasteiger charge is 2.36. The second-order valence-electron chi connectivity index (χ2n) is 8.67. The van der Waals surface area contributed by atoms with E-state index in [0.717, 1.165) is 11.1 Å². The minimum Gasteiger partial charge on any atom is -0.461 e. The largest absolute Gasteiger partial charge is 0.461 e. The molecule has 0 amide bonds. The van der Waals surface area contributed by atoms with Crippen molar-refractivity contribution in [3.8, 4) is 0 Å².